The first kappa shape index (κ1) is 22.6. The van der Waals surface area contributed by atoms with Crippen LogP contribution in [0.4, 0.5) is 0 Å². The number of aliphatic hydroxyl groups is 2. The summed E-state index contributed by atoms with van der Waals surface area (Å²) in [5.74, 6) is 0.749. The third-order valence-electron chi connectivity index (χ3n) is 7.34. The summed E-state index contributed by atoms with van der Waals surface area (Å²) in [7, 11) is 0. The van der Waals surface area contributed by atoms with Gasteiger partial charge in [-0.15, -0.1) is 12.4 Å². The number of hydrogen-bond donors (Lipinski definition) is 2. The zero-order valence-corrected chi connectivity index (χ0v) is 17.8. The molecule has 0 aromatic heterocycles. The van der Waals surface area contributed by atoms with Gasteiger partial charge in [0.1, 0.15) is 0 Å². The summed E-state index contributed by atoms with van der Waals surface area (Å²) < 4.78 is 6.23. The number of ether oxygens (including phenoxy) is 1. The summed E-state index contributed by atoms with van der Waals surface area (Å²) in [6, 6.07) is 10.2. The smallest absolute Gasteiger partial charge is 0.0900 e. The molecule has 2 bridgehead atoms. The Morgan fingerprint density at radius 1 is 1.22 bits per heavy atom. The molecule has 3 rings (SSSR count). The van der Waals surface area contributed by atoms with E-state index in [-0.39, 0.29) is 30.5 Å². The van der Waals surface area contributed by atoms with Crippen molar-refractivity contribution in [2.45, 2.75) is 58.8 Å². The Bertz CT molecular complexity index is 582. The average molecular weight is 398 g/mol. The van der Waals surface area contributed by atoms with Crippen LogP contribution in [-0.2, 0) is 11.3 Å². The van der Waals surface area contributed by atoms with Crippen LogP contribution in [0, 0.1) is 16.7 Å². The van der Waals surface area contributed by atoms with E-state index in [2.05, 4.69) is 37.8 Å². The Hall–Kier alpha value is -0.650. The molecule has 0 spiro atoms. The fourth-order valence-electron chi connectivity index (χ4n) is 5.18. The fourth-order valence-corrected chi connectivity index (χ4v) is 5.18. The summed E-state index contributed by atoms with van der Waals surface area (Å²) in [5, 5.41) is 19.9. The van der Waals surface area contributed by atoms with Crippen molar-refractivity contribution in [2.75, 3.05) is 26.3 Å². The second-order valence-electron chi connectivity index (χ2n) is 9.03. The Balaban J connectivity index is 0.00000261. The predicted molar refractivity (Wildman–Crippen MR) is 111 cm³/mol. The van der Waals surface area contributed by atoms with E-state index in [0.717, 1.165) is 18.9 Å². The van der Waals surface area contributed by atoms with Gasteiger partial charge >= 0.3 is 0 Å². The first-order valence-electron chi connectivity index (χ1n) is 10.0. The van der Waals surface area contributed by atoms with Crippen LogP contribution >= 0.6 is 12.4 Å². The summed E-state index contributed by atoms with van der Waals surface area (Å²) in [6.45, 7) is 9.41. The summed E-state index contributed by atoms with van der Waals surface area (Å²) in [5.41, 5.74) is 1.75. The van der Waals surface area contributed by atoms with E-state index in [9.17, 15) is 10.2 Å². The van der Waals surface area contributed by atoms with Crippen molar-refractivity contribution in [1.82, 2.24) is 4.90 Å². The molecule has 154 valence electrons. The van der Waals surface area contributed by atoms with Crippen molar-refractivity contribution in [1.29, 1.82) is 0 Å². The second kappa shape index (κ2) is 9.23. The molecule has 4 unspecified atom stereocenters. The molecule has 2 N–H and O–H groups in total. The molecular weight excluding hydrogens is 362 g/mol. The van der Waals surface area contributed by atoms with Crippen molar-refractivity contribution in [3.05, 3.63) is 35.9 Å². The highest BCUT2D eigenvalue weighted by Gasteiger charge is 2.61. The number of hydrogen-bond acceptors (Lipinski definition) is 4. The Kier molecular flexibility index (Phi) is 7.74. The first-order valence-corrected chi connectivity index (χ1v) is 10.0. The number of fused-ring (bicyclic) bond motifs is 2. The lowest BCUT2D eigenvalue weighted by molar-refractivity contribution is -0.0800. The molecule has 5 heteroatoms. The van der Waals surface area contributed by atoms with Gasteiger partial charge in [-0.2, -0.15) is 0 Å². The minimum Gasteiger partial charge on any atom is -0.395 e. The van der Waals surface area contributed by atoms with Gasteiger partial charge in [-0.05, 0) is 41.6 Å². The van der Waals surface area contributed by atoms with E-state index >= 15 is 0 Å². The summed E-state index contributed by atoms with van der Waals surface area (Å²) in [6.07, 6.45) is 3.40. The number of aliphatic hydroxyl groups excluding tert-OH is 2. The average Bonchev–Trinajstić information content (AvgIpc) is 2.94. The van der Waals surface area contributed by atoms with Crippen molar-refractivity contribution in [2.24, 2.45) is 16.7 Å². The molecule has 1 aromatic rings. The van der Waals surface area contributed by atoms with Gasteiger partial charge in [-0.3, -0.25) is 4.90 Å². The van der Waals surface area contributed by atoms with Gasteiger partial charge in [0.15, 0.2) is 0 Å². The number of halogens is 1. The number of nitrogens with zero attached hydrogens (tertiary/aromatic N) is 1. The van der Waals surface area contributed by atoms with Crippen molar-refractivity contribution < 1.29 is 14.9 Å². The number of benzene rings is 1. The first-order chi connectivity index (χ1) is 12.4. The maximum Gasteiger partial charge on any atom is 0.0900 e. The molecule has 0 heterocycles. The van der Waals surface area contributed by atoms with Gasteiger partial charge < -0.3 is 14.9 Å². The highest BCUT2D eigenvalue weighted by atomic mass is 35.5. The van der Waals surface area contributed by atoms with Crippen LogP contribution in [0.1, 0.15) is 45.6 Å². The molecule has 27 heavy (non-hydrogen) atoms. The molecule has 0 radical (unpaired) electrons. The third kappa shape index (κ3) is 4.68. The Labute approximate surface area is 170 Å². The monoisotopic (exact) mass is 397 g/mol. The molecule has 4 atom stereocenters. The van der Waals surface area contributed by atoms with Crippen LogP contribution in [0.2, 0.25) is 0 Å². The predicted octanol–water partition coefficient (Wildman–Crippen LogP) is 3.50. The van der Waals surface area contributed by atoms with Crippen LogP contribution in [-0.4, -0.2) is 53.6 Å². The molecule has 2 fully saturated rings. The Morgan fingerprint density at radius 2 is 1.93 bits per heavy atom. The molecule has 0 amide bonds. The minimum absolute atomic E-state index is 0. The van der Waals surface area contributed by atoms with E-state index in [4.69, 9.17) is 4.74 Å². The zero-order valence-electron chi connectivity index (χ0n) is 16.9. The molecule has 0 saturated heterocycles. The quantitative estimate of drug-likeness (QED) is 0.669. The Morgan fingerprint density at radius 3 is 2.48 bits per heavy atom. The van der Waals surface area contributed by atoms with Gasteiger partial charge in [0.2, 0.25) is 0 Å². The molecular formula is C22H36ClNO3. The molecule has 4 nitrogen and oxygen atoms in total. The van der Waals surface area contributed by atoms with E-state index in [1.165, 1.54) is 18.4 Å². The topological polar surface area (TPSA) is 52.9 Å². The second-order valence-corrected chi connectivity index (χ2v) is 9.03. The SMILES string of the molecule is CC1(C)C2CCC1(C)C(OCC(O)CN(CCO)Cc1ccccc1)C2.Cl. The third-order valence-corrected chi connectivity index (χ3v) is 7.34. The van der Waals surface area contributed by atoms with Gasteiger partial charge in [0.05, 0.1) is 25.4 Å². The van der Waals surface area contributed by atoms with Crippen LogP contribution in [0.25, 0.3) is 0 Å². The van der Waals surface area contributed by atoms with Gasteiger partial charge in [-0.1, -0.05) is 51.1 Å². The summed E-state index contributed by atoms with van der Waals surface area (Å²) >= 11 is 0. The maximum atomic E-state index is 10.5. The fraction of sp³-hybridized carbons (Fsp3) is 0.727. The van der Waals surface area contributed by atoms with Gasteiger partial charge in [0, 0.05) is 19.6 Å². The van der Waals surface area contributed by atoms with Gasteiger partial charge in [0.25, 0.3) is 0 Å². The van der Waals surface area contributed by atoms with E-state index in [0.29, 0.717) is 25.1 Å². The van der Waals surface area contributed by atoms with Crippen LogP contribution in [0.15, 0.2) is 30.3 Å². The molecule has 2 aliphatic rings. The van der Waals surface area contributed by atoms with E-state index in [1.807, 2.05) is 18.2 Å². The minimum atomic E-state index is -0.531. The van der Waals surface area contributed by atoms with Crippen LogP contribution < -0.4 is 0 Å². The lowest BCUT2D eigenvalue weighted by atomic mass is 9.70. The maximum absolute atomic E-state index is 10.5. The van der Waals surface area contributed by atoms with E-state index < -0.39 is 6.10 Å². The molecule has 2 saturated carbocycles. The molecule has 2 aliphatic carbocycles. The molecule has 0 aliphatic heterocycles. The number of rotatable bonds is 9. The van der Waals surface area contributed by atoms with Crippen LogP contribution in [0.3, 0.4) is 0 Å². The van der Waals surface area contributed by atoms with Crippen molar-refractivity contribution >= 4 is 12.4 Å². The largest absolute Gasteiger partial charge is 0.395 e. The van der Waals surface area contributed by atoms with Gasteiger partial charge in [-0.25, -0.2) is 0 Å². The van der Waals surface area contributed by atoms with Crippen molar-refractivity contribution in [3.8, 4) is 0 Å². The lowest BCUT2D eigenvalue weighted by Crippen LogP contribution is -2.41. The summed E-state index contributed by atoms with van der Waals surface area (Å²) in [4.78, 5) is 2.09. The zero-order chi connectivity index (χ0) is 18.8. The highest BCUT2D eigenvalue weighted by Crippen LogP contribution is 2.66. The van der Waals surface area contributed by atoms with Crippen molar-refractivity contribution in [3.63, 3.8) is 0 Å². The normalized spacial score (nSPS) is 29.7. The molecule has 1 aromatic carbocycles. The van der Waals surface area contributed by atoms with E-state index in [1.54, 1.807) is 0 Å². The lowest BCUT2D eigenvalue weighted by Gasteiger charge is -2.39. The van der Waals surface area contributed by atoms with Crippen LogP contribution in [0.5, 0.6) is 0 Å². The highest BCUT2D eigenvalue weighted by molar-refractivity contribution is 5.85. The standard InChI is InChI=1S/C22H35NO3.ClH/c1-21(2)18-9-10-22(21,3)20(13-18)26-16-19(25)15-23(11-12-24)14-17-7-5-4-6-8-17;/h4-8,18-20,24-25H,9-16H2,1-3H3;1H.